The first-order chi connectivity index (χ1) is 14.1. The number of nitriles is 1. The lowest BCUT2D eigenvalue weighted by molar-refractivity contribution is -0.112. The van der Waals surface area contributed by atoms with Crippen LogP contribution in [0.4, 0.5) is 10.1 Å². The lowest BCUT2D eigenvalue weighted by atomic mass is 10.1. The number of halogens is 2. The highest BCUT2D eigenvalue weighted by atomic mass is 35.5. The number of carbonyl (C=O) groups is 1. The van der Waals surface area contributed by atoms with Gasteiger partial charge in [0.1, 0.15) is 29.8 Å². The SMILES string of the molecule is N#C/C(=C/c1cccc(OCc2ccccc2Cl)c1)C(=O)Nc1ccccc1F. The largest absolute Gasteiger partial charge is 0.489 e. The van der Waals surface area contributed by atoms with Crippen LogP contribution >= 0.6 is 11.6 Å². The Balaban J connectivity index is 1.73. The molecule has 0 atom stereocenters. The van der Waals surface area contributed by atoms with E-state index in [2.05, 4.69) is 5.32 Å². The fourth-order valence-electron chi connectivity index (χ4n) is 2.54. The van der Waals surface area contributed by atoms with Gasteiger partial charge in [-0.05, 0) is 42.0 Å². The molecule has 3 aromatic carbocycles. The van der Waals surface area contributed by atoms with Crippen LogP contribution in [-0.4, -0.2) is 5.91 Å². The lowest BCUT2D eigenvalue weighted by Crippen LogP contribution is -2.14. The number of hydrogen-bond donors (Lipinski definition) is 1. The molecule has 0 bridgehead atoms. The summed E-state index contributed by atoms with van der Waals surface area (Å²) >= 11 is 6.13. The Kier molecular flexibility index (Phi) is 6.62. The number of rotatable bonds is 6. The minimum absolute atomic E-state index is 0.00970. The fraction of sp³-hybridized carbons (Fsp3) is 0.0435. The fourth-order valence-corrected chi connectivity index (χ4v) is 2.73. The average Bonchev–Trinajstić information content (AvgIpc) is 2.73. The Morgan fingerprint density at radius 2 is 1.86 bits per heavy atom. The van der Waals surface area contributed by atoms with Crippen LogP contribution in [0.2, 0.25) is 5.02 Å². The van der Waals surface area contributed by atoms with Crippen molar-refractivity contribution >= 4 is 29.3 Å². The van der Waals surface area contributed by atoms with Crippen molar-refractivity contribution in [2.75, 3.05) is 5.32 Å². The van der Waals surface area contributed by atoms with Gasteiger partial charge in [0.05, 0.1) is 5.69 Å². The first kappa shape index (κ1) is 20.1. The number of nitrogens with zero attached hydrogens (tertiary/aromatic N) is 1. The number of para-hydroxylation sites is 1. The molecule has 0 heterocycles. The summed E-state index contributed by atoms with van der Waals surface area (Å²) in [5.41, 5.74) is 1.30. The summed E-state index contributed by atoms with van der Waals surface area (Å²) in [5, 5.41) is 12.3. The maximum Gasteiger partial charge on any atom is 0.266 e. The Morgan fingerprint density at radius 3 is 2.62 bits per heavy atom. The third-order valence-corrected chi connectivity index (χ3v) is 4.38. The number of ether oxygens (including phenoxy) is 1. The van der Waals surface area contributed by atoms with Gasteiger partial charge in [-0.15, -0.1) is 0 Å². The van der Waals surface area contributed by atoms with Gasteiger partial charge in [-0.1, -0.05) is 54.1 Å². The van der Waals surface area contributed by atoms with E-state index < -0.39 is 11.7 Å². The molecule has 29 heavy (non-hydrogen) atoms. The summed E-state index contributed by atoms with van der Waals surface area (Å²) in [6.45, 7) is 0.283. The van der Waals surface area contributed by atoms with Crippen molar-refractivity contribution in [1.29, 1.82) is 5.26 Å². The van der Waals surface area contributed by atoms with Gasteiger partial charge >= 0.3 is 0 Å². The molecule has 0 radical (unpaired) electrons. The molecule has 0 aliphatic rings. The second-order valence-corrected chi connectivity index (χ2v) is 6.46. The van der Waals surface area contributed by atoms with E-state index in [0.29, 0.717) is 16.3 Å². The molecule has 0 aliphatic carbocycles. The van der Waals surface area contributed by atoms with E-state index in [4.69, 9.17) is 16.3 Å². The molecule has 0 saturated carbocycles. The molecular formula is C23H16ClFN2O2. The highest BCUT2D eigenvalue weighted by Crippen LogP contribution is 2.21. The van der Waals surface area contributed by atoms with Gasteiger partial charge < -0.3 is 10.1 Å². The van der Waals surface area contributed by atoms with Crippen molar-refractivity contribution in [3.63, 3.8) is 0 Å². The van der Waals surface area contributed by atoms with E-state index in [-0.39, 0.29) is 17.9 Å². The van der Waals surface area contributed by atoms with Crippen molar-refractivity contribution in [3.05, 3.63) is 100 Å². The van der Waals surface area contributed by atoms with Gasteiger partial charge in [-0.2, -0.15) is 5.26 Å². The van der Waals surface area contributed by atoms with Crippen LogP contribution in [-0.2, 0) is 11.4 Å². The molecule has 0 fully saturated rings. The summed E-state index contributed by atoms with van der Waals surface area (Å²) in [4.78, 5) is 12.3. The molecular weight excluding hydrogens is 391 g/mol. The Hall–Kier alpha value is -3.62. The minimum atomic E-state index is -0.694. The van der Waals surface area contributed by atoms with Gasteiger partial charge in [0.2, 0.25) is 0 Å². The normalized spacial score (nSPS) is 10.9. The molecule has 3 rings (SSSR count). The molecule has 6 heteroatoms. The number of amides is 1. The summed E-state index contributed by atoms with van der Waals surface area (Å²) < 4.78 is 19.5. The van der Waals surface area contributed by atoms with Crippen LogP contribution in [0, 0.1) is 17.1 Å². The van der Waals surface area contributed by atoms with E-state index in [0.717, 1.165) is 5.56 Å². The van der Waals surface area contributed by atoms with Crippen LogP contribution in [0.15, 0.2) is 78.4 Å². The van der Waals surface area contributed by atoms with Crippen molar-refractivity contribution in [1.82, 2.24) is 0 Å². The van der Waals surface area contributed by atoms with Gasteiger partial charge in [0.15, 0.2) is 0 Å². The minimum Gasteiger partial charge on any atom is -0.489 e. The summed E-state index contributed by atoms with van der Waals surface area (Å²) in [7, 11) is 0. The number of anilines is 1. The van der Waals surface area contributed by atoms with E-state index in [9.17, 15) is 14.4 Å². The van der Waals surface area contributed by atoms with Crippen molar-refractivity contribution in [2.45, 2.75) is 6.61 Å². The molecule has 3 aromatic rings. The summed E-state index contributed by atoms with van der Waals surface area (Å²) in [6, 6.07) is 21.9. The standard InChI is InChI=1S/C23H16ClFN2O2/c24-20-9-2-1-7-17(20)15-29-19-8-5-6-16(13-19)12-18(14-26)23(28)27-22-11-4-3-10-21(22)25/h1-13H,15H2,(H,27,28)/b18-12-. The van der Waals surface area contributed by atoms with E-state index in [1.54, 1.807) is 36.4 Å². The van der Waals surface area contributed by atoms with Gasteiger partial charge in [-0.25, -0.2) is 4.39 Å². The van der Waals surface area contributed by atoms with Gasteiger partial charge in [0.25, 0.3) is 5.91 Å². The summed E-state index contributed by atoms with van der Waals surface area (Å²) in [6.07, 6.45) is 1.42. The van der Waals surface area contributed by atoms with Gasteiger partial charge in [-0.3, -0.25) is 4.79 Å². The highest BCUT2D eigenvalue weighted by molar-refractivity contribution is 6.31. The summed E-state index contributed by atoms with van der Waals surface area (Å²) in [5.74, 6) is -0.710. The van der Waals surface area contributed by atoms with Crippen LogP contribution in [0.5, 0.6) is 5.75 Å². The second-order valence-electron chi connectivity index (χ2n) is 6.06. The second kappa shape index (κ2) is 9.54. The molecule has 144 valence electrons. The third kappa shape index (κ3) is 5.44. The number of benzene rings is 3. The average molecular weight is 407 g/mol. The van der Waals surface area contributed by atoms with Crippen molar-refractivity contribution in [3.8, 4) is 11.8 Å². The predicted molar refractivity (Wildman–Crippen MR) is 111 cm³/mol. The number of carbonyl (C=O) groups excluding carboxylic acids is 1. The number of nitrogens with one attached hydrogen (secondary N) is 1. The molecule has 0 spiro atoms. The van der Waals surface area contributed by atoms with E-state index in [1.807, 2.05) is 24.3 Å². The quantitative estimate of drug-likeness (QED) is 0.428. The topological polar surface area (TPSA) is 62.1 Å². The highest BCUT2D eigenvalue weighted by Gasteiger charge is 2.12. The van der Waals surface area contributed by atoms with Crippen LogP contribution in [0.1, 0.15) is 11.1 Å². The Labute approximate surface area is 172 Å². The maximum absolute atomic E-state index is 13.7. The predicted octanol–water partition coefficient (Wildman–Crippen LogP) is 5.60. The molecule has 0 unspecified atom stereocenters. The zero-order valence-corrected chi connectivity index (χ0v) is 16.0. The molecule has 0 aliphatic heterocycles. The van der Waals surface area contributed by atoms with Crippen LogP contribution < -0.4 is 10.1 Å². The lowest BCUT2D eigenvalue weighted by Gasteiger charge is -2.09. The zero-order valence-electron chi connectivity index (χ0n) is 15.2. The molecule has 1 N–H and O–H groups in total. The first-order valence-electron chi connectivity index (χ1n) is 8.71. The van der Waals surface area contributed by atoms with Crippen LogP contribution in [0.25, 0.3) is 6.08 Å². The smallest absolute Gasteiger partial charge is 0.266 e. The monoisotopic (exact) mass is 406 g/mol. The molecule has 0 saturated heterocycles. The first-order valence-corrected chi connectivity index (χ1v) is 9.08. The van der Waals surface area contributed by atoms with Gasteiger partial charge in [0, 0.05) is 10.6 Å². The van der Waals surface area contributed by atoms with Crippen molar-refractivity contribution < 1.29 is 13.9 Å². The van der Waals surface area contributed by atoms with E-state index in [1.165, 1.54) is 24.3 Å². The Morgan fingerprint density at radius 1 is 1.10 bits per heavy atom. The number of hydrogen-bond acceptors (Lipinski definition) is 3. The zero-order chi connectivity index (χ0) is 20.6. The Bertz CT molecular complexity index is 1110. The maximum atomic E-state index is 13.7. The molecule has 1 amide bonds. The van der Waals surface area contributed by atoms with Crippen LogP contribution in [0.3, 0.4) is 0 Å². The molecule has 0 aromatic heterocycles. The molecule has 4 nitrogen and oxygen atoms in total. The van der Waals surface area contributed by atoms with Crippen molar-refractivity contribution in [2.24, 2.45) is 0 Å². The third-order valence-electron chi connectivity index (χ3n) is 4.01. The van der Waals surface area contributed by atoms with E-state index >= 15 is 0 Å².